The van der Waals surface area contributed by atoms with Gasteiger partial charge in [0.25, 0.3) is 0 Å². The first-order valence-electron chi connectivity index (χ1n) is 24.2. The Morgan fingerprint density at radius 3 is 1.60 bits per heavy atom. The van der Waals surface area contributed by atoms with Gasteiger partial charge in [-0.05, 0) is 150 Å². The molecule has 72 heavy (non-hydrogen) atoms. The Morgan fingerprint density at radius 2 is 1.08 bits per heavy atom. The minimum absolute atomic E-state index is 0.0143. The van der Waals surface area contributed by atoms with Crippen molar-refractivity contribution in [3.63, 3.8) is 0 Å². The zero-order valence-electron chi connectivity index (χ0n) is 41.3. The lowest BCUT2D eigenvalue weighted by Crippen LogP contribution is -2.33. The first kappa shape index (κ1) is 53.3. The van der Waals surface area contributed by atoms with Gasteiger partial charge in [0.2, 0.25) is 19.7 Å². The fourth-order valence-corrected chi connectivity index (χ4v) is 13.0. The summed E-state index contributed by atoms with van der Waals surface area (Å²) < 4.78 is 90.6. The van der Waals surface area contributed by atoms with Crippen LogP contribution >= 0.6 is 23.5 Å². The minimum atomic E-state index is -3.83. The van der Waals surface area contributed by atoms with Crippen molar-refractivity contribution < 1.29 is 45.3 Å². The lowest BCUT2D eigenvalue weighted by molar-refractivity contribution is 0.0299. The average Bonchev–Trinajstić information content (AvgIpc) is 3.97. The monoisotopic (exact) mass is 1050 g/mol. The lowest BCUT2D eigenvalue weighted by atomic mass is 9.76. The summed E-state index contributed by atoms with van der Waals surface area (Å²) in [6.45, 7) is 10.9. The molecular formula is C56H64N2O10S4. The molecular weight excluding hydrogens is 989 g/mol. The molecule has 5 atom stereocenters. The third-order valence-electron chi connectivity index (χ3n) is 13.1. The van der Waals surface area contributed by atoms with Crippen LogP contribution in [0.2, 0.25) is 0 Å². The number of hydrogen-bond acceptors (Lipinski definition) is 14. The summed E-state index contributed by atoms with van der Waals surface area (Å²) in [4.78, 5) is 0.646. The van der Waals surface area contributed by atoms with Crippen molar-refractivity contribution in [3.05, 3.63) is 156 Å². The highest BCUT2D eigenvalue weighted by atomic mass is 32.2. The summed E-state index contributed by atoms with van der Waals surface area (Å²) in [6.07, 6.45) is 1.08. The number of aryl methyl sites for hydroxylation is 1. The van der Waals surface area contributed by atoms with Gasteiger partial charge in [0.05, 0.1) is 46.0 Å². The molecule has 0 aromatic heterocycles. The number of fused-ring (bicyclic) bond motifs is 1. The van der Waals surface area contributed by atoms with Gasteiger partial charge in [-0.25, -0.2) is 16.8 Å². The number of methoxy groups -OCH3 is 1. The average molecular weight is 1050 g/mol. The van der Waals surface area contributed by atoms with Gasteiger partial charge in [0, 0.05) is 41.2 Å². The topological polar surface area (TPSA) is 176 Å². The van der Waals surface area contributed by atoms with E-state index in [1.54, 1.807) is 108 Å². The predicted octanol–water partition coefficient (Wildman–Crippen LogP) is 10.3. The summed E-state index contributed by atoms with van der Waals surface area (Å²) in [5.41, 5.74) is 15.5. The third-order valence-corrected chi connectivity index (χ3v) is 18.9. The molecule has 0 radical (unpaired) electrons. The van der Waals surface area contributed by atoms with Crippen molar-refractivity contribution in [2.45, 2.75) is 89.1 Å². The second-order valence-corrected chi connectivity index (χ2v) is 25.3. The summed E-state index contributed by atoms with van der Waals surface area (Å²) in [5.74, 6) is 6.34. The van der Waals surface area contributed by atoms with Gasteiger partial charge in [-0.3, -0.25) is 0 Å². The fourth-order valence-electron chi connectivity index (χ4n) is 8.95. The molecule has 382 valence electrons. The predicted molar refractivity (Wildman–Crippen MR) is 286 cm³/mol. The number of ether oxygens (including phenoxy) is 6. The number of nitrogens with two attached hydrogens (primary N) is 2. The summed E-state index contributed by atoms with van der Waals surface area (Å²) >= 11 is 3.59. The van der Waals surface area contributed by atoms with E-state index in [0.29, 0.717) is 73.1 Å². The number of hydrogen-bond donors (Lipinski definition) is 2. The van der Waals surface area contributed by atoms with Crippen molar-refractivity contribution in [1.82, 2.24) is 0 Å². The first-order chi connectivity index (χ1) is 34.6. The third kappa shape index (κ3) is 12.3. The molecule has 12 nitrogen and oxygen atoms in total. The van der Waals surface area contributed by atoms with Gasteiger partial charge < -0.3 is 39.9 Å². The SMILES string of the molecule is COc1ccc(S(=O)(=O)c2ccc(Oc3ccc(C(C)(C)c4ccc(Oc5ccc(S(=O)(=O)c6ccc(OC7COC8C(C)COC78)cc6)cc5)c(CC(C)SCCN)c4)cc3CCSCCN)cc2)cc1. The minimum Gasteiger partial charge on any atom is -0.497 e. The second kappa shape index (κ2) is 23.4. The molecule has 6 aromatic carbocycles. The maximum Gasteiger partial charge on any atom is 0.206 e. The zero-order valence-corrected chi connectivity index (χ0v) is 44.6. The van der Waals surface area contributed by atoms with Crippen LogP contribution in [0.4, 0.5) is 0 Å². The molecule has 2 fully saturated rings. The van der Waals surface area contributed by atoms with E-state index < -0.39 is 25.1 Å². The summed E-state index contributed by atoms with van der Waals surface area (Å²) in [5, 5.41) is 0.243. The lowest BCUT2D eigenvalue weighted by Gasteiger charge is -2.29. The van der Waals surface area contributed by atoms with Crippen LogP contribution < -0.4 is 30.4 Å². The molecule has 8 rings (SSSR count). The molecule has 2 aliphatic heterocycles. The Morgan fingerprint density at radius 1 is 0.611 bits per heavy atom. The molecule has 0 bridgehead atoms. The van der Waals surface area contributed by atoms with Crippen molar-refractivity contribution in [2.24, 2.45) is 17.4 Å². The maximum absolute atomic E-state index is 13.8. The normalized spacial score (nSPS) is 18.4. The Kier molecular flexibility index (Phi) is 17.3. The first-order valence-corrected chi connectivity index (χ1v) is 29.3. The second-order valence-electron chi connectivity index (χ2n) is 18.6. The van der Waals surface area contributed by atoms with Gasteiger partial charge in [0.1, 0.15) is 40.6 Å². The van der Waals surface area contributed by atoms with Gasteiger partial charge in [-0.1, -0.05) is 52.0 Å². The highest BCUT2D eigenvalue weighted by Crippen LogP contribution is 2.40. The van der Waals surface area contributed by atoms with E-state index in [9.17, 15) is 16.8 Å². The van der Waals surface area contributed by atoms with E-state index in [-0.39, 0.29) is 43.1 Å². The van der Waals surface area contributed by atoms with E-state index in [1.165, 1.54) is 19.2 Å². The Hall–Kier alpha value is -5.04. The Balaban J connectivity index is 0.997. The van der Waals surface area contributed by atoms with E-state index in [4.69, 9.17) is 39.9 Å². The molecule has 2 aliphatic rings. The maximum atomic E-state index is 13.8. The van der Waals surface area contributed by atoms with Crippen LogP contribution in [0.3, 0.4) is 0 Å². The molecule has 0 spiro atoms. The summed E-state index contributed by atoms with van der Waals surface area (Å²) in [7, 11) is -6.05. The van der Waals surface area contributed by atoms with Crippen molar-refractivity contribution in [2.75, 3.05) is 50.7 Å². The highest BCUT2D eigenvalue weighted by molar-refractivity contribution is 8.00. The molecule has 4 N–H and O–H groups in total. The number of rotatable bonds is 23. The van der Waals surface area contributed by atoms with Crippen molar-refractivity contribution >= 4 is 43.2 Å². The highest BCUT2D eigenvalue weighted by Gasteiger charge is 2.47. The Labute approximate surface area is 433 Å². The van der Waals surface area contributed by atoms with Gasteiger partial charge in [-0.15, -0.1) is 0 Å². The van der Waals surface area contributed by atoms with Crippen LogP contribution in [0.25, 0.3) is 0 Å². The molecule has 16 heteroatoms. The molecule has 0 saturated carbocycles. The molecule has 2 saturated heterocycles. The van der Waals surface area contributed by atoms with E-state index in [0.717, 1.165) is 45.9 Å². The van der Waals surface area contributed by atoms with Crippen LogP contribution in [0.15, 0.2) is 153 Å². The molecule has 0 amide bonds. The van der Waals surface area contributed by atoms with Gasteiger partial charge in [-0.2, -0.15) is 23.5 Å². The van der Waals surface area contributed by atoms with Crippen LogP contribution in [-0.2, 0) is 47.4 Å². The molecule has 2 heterocycles. The van der Waals surface area contributed by atoms with Crippen LogP contribution in [0.5, 0.6) is 34.5 Å². The van der Waals surface area contributed by atoms with Crippen LogP contribution in [0, 0.1) is 5.92 Å². The zero-order chi connectivity index (χ0) is 51.0. The van der Waals surface area contributed by atoms with E-state index in [2.05, 4.69) is 52.0 Å². The smallest absolute Gasteiger partial charge is 0.206 e. The molecule has 0 aliphatic carbocycles. The standard InChI is InChI=1S/C56H64N2O10S4/c1-37-35-64-55-53(36-65-54(37)55)68-46-14-22-50(23-15-46)72(61,62)49-20-12-45(13-21-49)67-52-25-7-42(34-40(52)32-38(2)70-31-28-58)56(3,4)41-6-24-51(39(33-41)26-29-69-30-27-57)66-44-10-18-48(19-11-44)71(59,60)47-16-8-43(63-5)9-17-47/h6-25,33-34,37-38,53-55H,26-32,35-36,57-58H2,1-5H3. The largest absolute Gasteiger partial charge is 0.497 e. The molecule has 6 aromatic rings. The number of thioether (sulfide) groups is 2. The molecule has 5 unspecified atom stereocenters. The van der Waals surface area contributed by atoms with Crippen molar-refractivity contribution in [3.8, 4) is 34.5 Å². The van der Waals surface area contributed by atoms with Gasteiger partial charge in [0.15, 0.2) is 6.10 Å². The number of benzene rings is 6. The quantitative estimate of drug-likeness (QED) is 0.0580. The van der Waals surface area contributed by atoms with Gasteiger partial charge >= 0.3 is 0 Å². The fraction of sp³-hybridized carbons (Fsp3) is 0.357. The Bertz CT molecular complexity index is 2990. The van der Waals surface area contributed by atoms with Crippen LogP contribution in [-0.4, -0.2) is 91.1 Å². The van der Waals surface area contributed by atoms with E-state index in [1.807, 2.05) is 12.1 Å². The van der Waals surface area contributed by atoms with Crippen LogP contribution in [0.1, 0.15) is 49.9 Å². The summed E-state index contributed by atoms with van der Waals surface area (Å²) in [6, 6.07) is 38.4. The number of sulfone groups is 2. The van der Waals surface area contributed by atoms with Crippen molar-refractivity contribution in [1.29, 1.82) is 0 Å². The van der Waals surface area contributed by atoms with E-state index >= 15 is 0 Å².